The van der Waals surface area contributed by atoms with Crippen molar-refractivity contribution in [3.05, 3.63) is 94.1 Å². The number of carbonyl (C=O) groups excluding carboxylic acids is 2. The van der Waals surface area contributed by atoms with E-state index in [1.807, 2.05) is 20.0 Å². The first-order valence-electron chi connectivity index (χ1n) is 15.2. The molecule has 9 heteroatoms. The van der Waals surface area contributed by atoms with E-state index in [0.717, 1.165) is 36.0 Å². The number of hydrogen-bond acceptors (Lipinski definition) is 6. The zero-order valence-corrected chi connectivity index (χ0v) is 25.4. The van der Waals surface area contributed by atoms with E-state index in [1.165, 1.54) is 12.1 Å². The Labute approximate surface area is 253 Å². The van der Waals surface area contributed by atoms with Gasteiger partial charge in [-0.3, -0.25) is 14.6 Å². The molecule has 0 radical (unpaired) electrons. The van der Waals surface area contributed by atoms with Crippen molar-refractivity contribution in [3.8, 4) is 5.75 Å². The van der Waals surface area contributed by atoms with Gasteiger partial charge in [0.25, 0.3) is 11.8 Å². The molecule has 2 amide bonds. The van der Waals surface area contributed by atoms with Crippen LogP contribution in [0.2, 0.25) is 0 Å². The van der Waals surface area contributed by atoms with Gasteiger partial charge in [0.2, 0.25) is 0 Å². The maximum absolute atomic E-state index is 14.6. The van der Waals surface area contributed by atoms with E-state index in [0.29, 0.717) is 55.1 Å². The third-order valence-corrected chi connectivity index (χ3v) is 7.57. The first kappa shape index (κ1) is 32.1. The first-order valence-corrected chi connectivity index (χ1v) is 15.2. The summed E-state index contributed by atoms with van der Waals surface area (Å²) in [5, 5.41) is 17.5. The van der Waals surface area contributed by atoms with Crippen LogP contribution < -0.4 is 15.4 Å². The van der Waals surface area contributed by atoms with E-state index >= 15 is 0 Å². The lowest BCUT2D eigenvalue weighted by Gasteiger charge is -2.25. The summed E-state index contributed by atoms with van der Waals surface area (Å²) in [6.07, 6.45) is 5.90. The van der Waals surface area contributed by atoms with Crippen LogP contribution in [0.25, 0.3) is 0 Å². The van der Waals surface area contributed by atoms with Gasteiger partial charge in [-0.2, -0.15) is 0 Å². The van der Waals surface area contributed by atoms with Gasteiger partial charge in [-0.25, -0.2) is 4.39 Å². The molecule has 0 saturated carbocycles. The summed E-state index contributed by atoms with van der Waals surface area (Å²) in [4.78, 5) is 33.1. The molecule has 43 heavy (non-hydrogen) atoms. The van der Waals surface area contributed by atoms with Gasteiger partial charge in [0.05, 0.1) is 18.8 Å². The molecular weight excluding hydrogens is 547 g/mol. The van der Waals surface area contributed by atoms with Crippen LogP contribution in [-0.2, 0) is 19.4 Å². The number of hydrogen-bond donors (Lipinski definition) is 3. The largest absolute Gasteiger partial charge is 0.493 e. The summed E-state index contributed by atoms with van der Waals surface area (Å²) in [7, 11) is 0. The maximum atomic E-state index is 14.6. The number of benzene rings is 2. The van der Waals surface area contributed by atoms with Gasteiger partial charge in [-0.1, -0.05) is 19.9 Å². The quantitative estimate of drug-likeness (QED) is 0.354. The molecular formula is C34H43FN4O4. The fourth-order valence-corrected chi connectivity index (χ4v) is 5.35. The van der Waals surface area contributed by atoms with Crippen molar-refractivity contribution in [1.82, 2.24) is 20.5 Å². The molecule has 0 spiro atoms. The minimum absolute atomic E-state index is 0.124. The highest BCUT2D eigenvalue weighted by Gasteiger charge is 2.25. The van der Waals surface area contributed by atoms with Gasteiger partial charge >= 0.3 is 0 Å². The van der Waals surface area contributed by atoms with E-state index in [-0.39, 0.29) is 18.9 Å². The molecule has 230 valence electrons. The monoisotopic (exact) mass is 590 g/mol. The standard InChI is InChI=1S/C34H43FN4O4/c1-4-8-39-9-6-7-10-43-30-15-25(14-29(35)18-30)16-31(32(40)22-37-21-26-13-24(5-2)19-36-20-26)38-33(41)27-11-23(3)12-28(17-27)34(39)42/h11-15,17-20,31-32,37,40H,4-10,16,21-22H2,1-3H3,(H,38,41). The predicted octanol–water partition coefficient (Wildman–Crippen LogP) is 4.61. The van der Waals surface area contributed by atoms with E-state index in [9.17, 15) is 19.1 Å². The van der Waals surface area contributed by atoms with E-state index in [2.05, 4.69) is 28.6 Å². The van der Waals surface area contributed by atoms with Crippen molar-refractivity contribution < 1.29 is 23.8 Å². The zero-order valence-electron chi connectivity index (χ0n) is 25.4. The average molecular weight is 591 g/mol. The molecule has 0 fully saturated rings. The number of nitrogens with zero attached hydrogens (tertiary/aromatic N) is 2. The summed E-state index contributed by atoms with van der Waals surface area (Å²) in [6, 6.07) is 10.9. The minimum atomic E-state index is -0.994. The smallest absolute Gasteiger partial charge is 0.253 e. The summed E-state index contributed by atoms with van der Waals surface area (Å²) in [6.45, 7) is 8.15. The minimum Gasteiger partial charge on any atom is -0.493 e. The van der Waals surface area contributed by atoms with Gasteiger partial charge in [0.1, 0.15) is 11.6 Å². The van der Waals surface area contributed by atoms with E-state index in [1.54, 1.807) is 35.4 Å². The van der Waals surface area contributed by atoms with Gasteiger partial charge < -0.3 is 25.4 Å². The van der Waals surface area contributed by atoms with E-state index < -0.39 is 23.9 Å². The van der Waals surface area contributed by atoms with Crippen LogP contribution in [-0.4, -0.2) is 65.2 Å². The summed E-state index contributed by atoms with van der Waals surface area (Å²) >= 11 is 0. The number of aliphatic hydroxyl groups is 1. The number of fused-ring (bicyclic) bond motifs is 4. The van der Waals surface area contributed by atoms with Crippen LogP contribution >= 0.6 is 0 Å². The van der Waals surface area contributed by atoms with Crippen molar-refractivity contribution in [1.29, 1.82) is 0 Å². The number of ether oxygens (including phenoxy) is 1. The van der Waals surface area contributed by atoms with Crippen molar-refractivity contribution in [2.75, 3.05) is 26.2 Å². The molecule has 4 rings (SSSR count). The number of halogens is 1. The van der Waals surface area contributed by atoms with Crippen LogP contribution in [0.3, 0.4) is 0 Å². The first-order chi connectivity index (χ1) is 20.7. The molecule has 1 aliphatic heterocycles. The van der Waals surface area contributed by atoms with Gasteiger partial charge in [-0.05, 0) is 91.6 Å². The molecule has 2 unspecified atom stereocenters. The van der Waals surface area contributed by atoms with Gasteiger partial charge in [0.15, 0.2) is 0 Å². The second-order valence-corrected chi connectivity index (χ2v) is 11.3. The Morgan fingerprint density at radius 1 is 1.07 bits per heavy atom. The number of aryl methyl sites for hydroxylation is 2. The molecule has 8 nitrogen and oxygen atoms in total. The van der Waals surface area contributed by atoms with Crippen LogP contribution in [0.5, 0.6) is 5.75 Å². The van der Waals surface area contributed by atoms with Crippen LogP contribution in [0.4, 0.5) is 4.39 Å². The number of carbonyl (C=O) groups is 2. The lowest BCUT2D eigenvalue weighted by molar-refractivity contribution is 0.0750. The molecule has 3 aromatic rings. The fourth-order valence-electron chi connectivity index (χ4n) is 5.35. The Balaban J connectivity index is 1.61. The van der Waals surface area contributed by atoms with Gasteiger partial charge in [0, 0.05) is 55.8 Å². The van der Waals surface area contributed by atoms with E-state index in [4.69, 9.17) is 4.74 Å². The number of nitrogens with one attached hydrogen (secondary N) is 2. The number of amides is 2. The Kier molecular flexibility index (Phi) is 11.6. The molecule has 1 aliphatic rings. The second-order valence-electron chi connectivity index (χ2n) is 11.3. The molecule has 4 bridgehead atoms. The topological polar surface area (TPSA) is 104 Å². The second kappa shape index (κ2) is 15.6. The van der Waals surface area contributed by atoms with Crippen LogP contribution in [0.15, 0.2) is 54.9 Å². The van der Waals surface area contributed by atoms with Crippen molar-refractivity contribution in [3.63, 3.8) is 0 Å². The van der Waals surface area contributed by atoms with Crippen LogP contribution in [0, 0.1) is 12.7 Å². The third-order valence-electron chi connectivity index (χ3n) is 7.57. The number of aromatic nitrogens is 1. The molecule has 0 aliphatic carbocycles. The van der Waals surface area contributed by atoms with Gasteiger partial charge in [-0.15, -0.1) is 0 Å². The summed E-state index contributed by atoms with van der Waals surface area (Å²) < 4.78 is 20.5. The SMILES string of the molecule is CCCN1CCCCOc2cc(F)cc(c2)CC(C(O)CNCc2cncc(CC)c2)NC(=O)c2cc(C)cc(c2)C1=O. The molecule has 1 aromatic heterocycles. The van der Waals surface area contributed by atoms with Crippen molar-refractivity contribution >= 4 is 11.8 Å². The fraction of sp³-hybridized carbons (Fsp3) is 0.441. The number of rotatable bonds is 8. The molecule has 2 heterocycles. The lowest BCUT2D eigenvalue weighted by atomic mass is 9.99. The lowest BCUT2D eigenvalue weighted by Crippen LogP contribution is -2.48. The highest BCUT2D eigenvalue weighted by molar-refractivity contribution is 6.00. The number of pyridine rings is 1. The Bertz CT molecular complexity index is 1400. The van der Waals surface area contributed by atoms with Crippen molar-refractivity contribution in [2.45, 2.75) is 71.6 Å². The zero-order chi connectivity index (χ0) is 30.8. The van der Waals surface area contributed by atoms with Crippen LogP contribution in [0.1, 0.15) is 76.1 Å². The average Bonchev–Trinajstić information content (AvgIpc) is 2.98. The molecule has 3 N–H and O–H groups in total. The predicted molar refractivity (Wildman–Crippen MR) is 165 cm³/mol. The summed E-state index contributed by atoms with van der Waals surface area (Å²) in [5.41, 5.74) is 4.28. The Hall–Kier alpha value is -3.82. The highest BCUT2D eigenvalue weighted by atomic mass is 19.1. The maximum Gasteiger partial charge on any atom is 0.253 e. The third kappa shape index (κ3) is 9.33. The Morgan fingerprint density at radius 3 is 2.65 bits per heavy atom. The highest BCUT2D eigenvalue weighted by Crippen LogP contribution is 2.20. The number of aliphatic hydroxyl groups excluding tert-OH is 1. The normalized spacial score (nSPS) is 17.1. The van der Waals surface area contributed by atoms with Crippen molar-refractivity contribution in [2.24, 2.45) is 0 Å². The molecule has 2 atom stereocenters. The molecule has 0 saturated heterocycles. The Morgan fingerprint density at radius 2 is 1.86 bits per heavy atom. The summed E-state index contributed by atoms with van der Waals surface area (Å²) in [5.74, 6) is -0.597. The molecule has 2 aromatic carbocycles.